The number of likely N-dealkylation sites (N-methyl/N-ethyl adjacent to an activating group) is 1. The van der Waals surface area contributed by atoms with Gasteiger partial charge >= 0.3 is 0 Å². The first-order valence-corrected chi connectivity index (χ1v) is 4.89. The Morgan fingerprint density at radius 3 is 2.75 bits per heavy atom. The Morgan fingerprint density at radius 2 is 2.17 bits per heavy atom. The van der Waals surface area contributed by atoms with Crippen molar-refractivity contribution in [2.75, 3.05) is 33.2 Å². The lowest BCUT2D eigenvalue weighted by Gasteiger charge is -2.36. The Balaban J connectivity index is 1.71. The maximum Gasteiger partial charge on any atom is 0.0827 e. The molecule has 0 spiro atoms. The Kier molecular flexibility index (Phi) is 2.63. The van der Waals surface area contributed by atoms with Crippen LogP contribution in [0.25, 0.3) is 0 Å². The minimum absolute atomic E-state index is 0.496. The van der Waals surface area contributed by atoms with Gasteiger partial charge in [0.1, 0.15) is 0 Å². The van der Waals surface area contributed by atoms with Crippen LogP contribution in [0, 0.1) is 0 Å². The number of likely N-dealkylation sites (tertiary alicyclic amines) is 1. The zero-order chi connectivity index (χ0) is 8.39. The van der Waals surface area contributed by atoms with Gasteiger partial charge in [-0.1, -0.05) is 0 Å². The van der Waals surface area contributed by atoms with Gasteiger partial charge in [0.25, 0.3) is 0 Å². The molecule has 0 saturated carbocycles. The summed E-state index contributed by atoms with van der Waals surface area (Å²) in [4.78, 5) is 2.36. The number of rotatable bonds is 2. The molecule has 0 aliphatic carbocycles. The van der Waals surface area contributed by atoms with Crippen LogP contribution >= 0.6 is 0 Å². The molecule has 0 aromatic carbocycles. The Labute approximate surface area is 74.1 Å². The Bertz CT molecular complexity index is 147. The number of nitrogens with one attached hydrogen (secondary N) is 1. The summed E-state index contributed by atoms with van der Waals surface area (Å²) in [5.74, 6) is 0. The van der Waals surface area contributed by atoms with Crippen molar-refractivity contribution >= 4 is 0 Å². The molecule has 2 aliphatic heterocycles. The van der Waals surface area contributed by atoms with Crippen molar-refractivity contribution < 1.29 is 4.74 Å². The maximum absolute atomic E-state index is 5.89. The first kappa shape index (κ1) is 8.48. The monoisotopic (exact) mass is 170 g/mol. The minimum atomic E-state index is 0.496. The third-order valence-electron chi connectivity index (χ3n) is 2.71. The van der Waals surface area contributed by atoms with Gasteiger partial charge in [-0.05, 0) is 26.4 Å². The second kappa shape index (κ2) is 3.73. The third kappa shape index (κ3) is 1.97. The number of piperidine rings is 1. The van der Waals surface area contributed by atoms with Crippen LogP contribution < -0.4 is 5.32 Å². The van der Waals surface area contributed by atoms with Gasteiger partial charge in [-0.3, -0.25) is 0 Å². The lowest BCUT2D eigenvalue weighted by molar-refractivity contribution is -0.0630. The van der Waals surface area contributed by atoms with E-state index in [1.165, 1.54) is 19.4 Å². The van der Waals surface area contributed by atoms with E-state index in [2.05, 4.69) is 17.3 Å². The fraction of sp³-hybridized carbons (Fsp3) is 1.00. The highest BCUT2D eigenvalue weighted by atomic mass is 16.5. The van der Waals surface area contributed by atoms with Crippen molar-refractivity contribution in [3.63, 3.8) is 0 Å². The predicted molar refractivity (Wildman–Crippen MR) is 48.3 cm³/mol. The fourth-order valence-electron chi connectivity index (χ4n) is 1.86. The molecular formula is C9H18N2O. The van der Waals surface area contributed by atoms with Gasteiger partial charge < -0.3 is 15.0 Å². The highest BCUT2D eigenvalue weighted by Gasteiger charge is 2.24. The molecule has 0 radical (unpaired) electrons. The van der Waals surface area contributed by atoms with Gasteiger partial charge in [0.05, 0.1) is 12.2 Å². The van der Waals surface area contributed by atoms with E-state index in [1.54, 1.807) is 0 Å². The summed E-state index contributed by atoms with van der Waals surface area (Å²) >= 11 is 0. The average molecular weight is 170 g/mol. The van der Waals surface area contributed by atoms with Crippen LogP contribution in [0.2, 0.25) is 0 Å². The van der Waals surface area contributed by atoms with E-state index in [9.17, 15) is 0 Å². The Hall–Kier alpha value is -0.120. The van der Waals surface area contributed by atoms with Crippen LogP contribution in [0.3, 0.4) is 0 Å². The summed E-state index contributed by atoms with van der Waals surface area (Å²) in [7, 11) is 2.18. The van der Waals surface area contributed by atoms with Gasteiger partial charge in [0.2, 0.25) is 0 Å². The van der Waals surface area contributed by atoms with Gasteiger partial charge in [-0.15, -0.1) is 0 Å². The lowest BCUT2D eigenvalue weighted by Crippen LogP contribution is -2.52. The second-order valence-electron chi connectivity index (χ2n) is 3.94. The van der Waals surface area contributed by atoms with Crippen LogP contribution in [0.4, 0.5) is 0 Å². The standard InChI is InChI=1S/C9H18N2O/c1-11-4-2-3-8(7-11)12-9-5-10-6-9/h8-10H,2-7H2,1H3. The maximum atomic E-state index is 5.89. The first-order chi connectivity index (χ1) is 5.84. The largest absolute Gasteiger partial charge is 0.371 e. The van der Waals surface area contributed by atoms with Crippen molar-refractivity contribution in [3.05, 3.63) is 0 Å². The van der Waals surface area contributed by atoms with E-state index in [0.717, 1.165) is 19.6 Å². The second-order valence-corrected chi connectivity index (χ2v) is 3.94. The highest BCUT2D eigenvalue weighted by molar-refractivity contribution is 4.79. The SMILES string of the molecule is CN1CCCC(OC2CNC2)C1. The van der Waals surface area contributed by atoms with Crippen molar-refractivity contribution in [1.82, 2.24) is 10.2 Å². The molecule has 1 atom stereocenters. The van der Waals surface area contributed by atoms with Crippen molar-refractivity contribution in [3.8, 4) is 0 Å². The lowest BCUT2D eigenvalue weighted by atomic mass is 10.1. The topological polar surface area (TPSA) is 24.5 Å². The summed E-state index contributed by atoms with van der Waals surface area (Å²) in [6.45, 7) is 4.47. The van der Waals surface area contributed by atoms with Gasteiger partial charge in [-0.25, -0.2) is 0 Å². The van der Waals surface area contributed by atoms with E-state index in [4.69, 9.17) is 4.74 Å². The molecule has 0 amide bonds. The van der Waals surface area contributed by atoms with Crippen LogP contribution in [-0.4, -0.2) is 50.3 Å². The summed E-state index contributed by atoms with van der Waals surface area (Å²) < 4.78 is 5.89. The molecule has 2 fully saturated rings. The molecule has 2 heterocycles. The van der Waals surface area contributed by atoms with Crippen LogP contribution in [0.15, 0.2) is 0 Å². The number of nitrogens with zero attached hydrogens (tertiary/aromatic N) is 1. The highest BCUT2D eigenvalue weighted by Crippen LogP contribution is 2.14. The first-order valence-electron chi connectivity index (χ1n) is 4.89. The van der Waals surface area contributed by atoms with Gasteiger partial charge in [0.15, 0.2) is 0 Å². The zero-order valence-corrected chi connectivity index (χ0v) is 7.75. The molecule has 1 N–H and O–H groups in total. The van der Waals surface area contributed by atoms with E-state index < -0.39 is 0 Å². The molecule has 0 bridgehead atoms. The summed E-state index contributed by atoms with van der Waals surface area (Å²) in [6, 6.07) is 0. The van der Waals surface area contributed by atoms with Crippen molar-refractivity contribution in [1.29, 1.82) is 0 Å². The molecule has 2 saturated heterocycles. The van der Waals surface area contributed by atoms with E-state index in [1.807, 2.05) is 0 Å². The summed E-state index contributed by atoms with van der Waals surface area (Å²) in [5, 5.41) is 3.22. The normalized spacial score (nSPS) is 33.2. The van der Waals surface area contributed by atoms with Crippen LogP contribution in [-0.2, 0) is 4.74 Å². The third-order valence-corrected chi connectivity index (χ3v) is 2.71. The quantitative estimate of drug-likeness (QED) is 0.634. The predicted octanol–water partition coefficient (Wildman–Crippen LogP) is 0.0690. The van der Waals surface area contributed by atoms with Gasteiger partial charge in [-0.2, -0.15) is 0 Å². The van der Waals surface area contributed by atoms with E-state index in [0.29, 0.717) is 12.2 Å². The smallest absolute Gasteiger partial charge is 0.0827 e. The molecule has 12 heavy (non-hydrogen) atoms. The van der Waals surface area contributed by atoms with Crippen molar-refractivity contribution in [2.45, 2.75) is 25.0 Å². The molecule has 1 unspecified atom stereocenters. The van der Waals surface area contributed by atoms with Crippen molar-refractivity contribution in [2.24, 2.45) is 0 Å². The zero-order valence-electron chi connectivity index (χ0n) is 7.75. The number of hydrogen-bond donors (Lipinski definition) is 1. The number of ether oxygens (including phenoxy) is 1. The van der Waals surface area contributed by atoms with Gasteiger partial charge in [0, 0.05) is 19.6 Å². The molecule has 3 nitrogen and oxygen atoms in total. The molecule has 2 aliphatic rings. The molecule has 0 aromatic heterocycles. The number of hydrogen-bond acceptors (Lipinski definition) is 3. The fourth-order valence-corrected chi connectivity index (χ4v) is 1.86. The van der Waals surface area contributed by atoms with Crippen LogP contribution in [0.1, 0.15) is 12.8 Å². The van der Waals surface area contributed by atoms with E-state index in [-0.39, 0.29) is 0 Å². The molecule has 70 valence electrons. The molecule has 2 rings (SSSR count). The van der Waals surface area contributed by atoms with Crippen LogP contribution in [0.5, 0.6) is 0 Å². The Morgan fingerprint density at radius 1 is 1.33 bits per heavy atom. The molecule has 0 aromatic rings. The summed E-state index contributed by atoms with van der Waals surface area (Å²) in [6.07, 6.45) is 3.54. The molecular weight excluding hydrogens is 152 g/mol. The van der Waals surface area contributed by atoms with E-state index >= 15 is 0 Å². The molecule has 3 heteroatoms. The minimum Gasteiger partial charge on any atom is -0.371 e. The summed E-state index contributed by atoms with van der Waals surface area (Å²) in [5.41, 5.74) is 0. The average Bonchev–Trinajstić information content (AvgIpc) is 1.97.